The minimum absolute atomic E-state index is 0.611. The first-order valence-electron chi connectivity index (χ1n) is 9.52. The molecule has 0 spiro atoms. The standard InChI is InChI=1S/C20H30N2O4/c1-2-4-20-19(3-1)18(17-21-20)5-6-22-7-9-23-11-13-25-15-16-26-14-12-24-10-8-22/h1-4,17,21H,5-16H2. The van der Waals surface area contributed by atoms with E-state index in [4.69, 9.17) is 18.9 Å². The molecule has 1 saturated heterocycles. The fourth-order valence-corrected chi connectivity index (χ4v) is 3.10. The van der Waals surface area contributed by atoms with Gasteiger partial charge in [-0.15, -0.1) is 0 Å². The number of nitrogens with one attached hydrogen (secondary N) is 1. The van der Waals surface area contributed by atoms with Crippen LogP contribution in [0.2, 0.25) is 0 Å². The number of ether oxygens (including phenoxy) is 4. The lowest BCUT2D eigenvalue weighted by atomic mass is 10.1. The Morgan fingerprint density at radius 2 is 1.35 bits per heavy atom. The summed E-state index contributed by atoms with van der Waals surface area (Å²) in [5.41, 5.74) is 2.56. The van der Waals surface area contributed by atoms with Crippen molar-refractivity contribution in [1.29, 1.82) is 0 Å². The van der Waals surface area contributed by atoms with Gasteiger partial charge in [0.05, 0.1) is 52.9 Å². The predicted octanol–water partition coefficient (Wildman–Crippen LogP) is 2.09. The van der Waals surface area contributed by atoms with Crippen molar-refractivity contribution < 1.29 is 18.9 Å². The number of hydrogen-bond acceptors (Lipinski definition) is 5. The molecule has 1 aliphatic heterocycles. The first-order valence-corrected chi connectivity index (χ1v) is 9.52. The molecule has 0 atom stereocenters. The van der Waals surface area contributed by atoms with Crippen molar-refractivity contribution in [2.75, 3.05) is 72.5 Å². The summed E-state index contributed by atoms with van der Waals surface area (Å²) in [6.07, 6.45) is 3.14. The van der Waals surface area contributed by atoms with E-state index in [9.17, 15) is 0 Å². The molecule has 0 unspecified atom stereocenters. The van der Waals surface area contributed by atoms with Crippen LogP contribution in [0.15, 0.2) is 30.5 Å². The highest BCUT2D eigenvalue weighted by Crippen LogP contribution is 2.18. The number of nitrogens with zero attached hydrogens (tertiary/aromatic N) is 1. The lowest BCUT2D eigenvalue weighted by molar-refractivity contribution is 0.00206. The molecule has 0 radical (unpaired) electrons. The summed E-state index contributed by atoms with van der Waals surface area (Å²) < 4.78 is 22.3. The van der Waals surface area contributed by atoms with Crippen LogP contribution < -0.4 is 0 Å². The normalized spacial score (nSPS) is 19.8. The molecule has 1 aromatic heterocycles. The van der Waals surface area contributed by atoms with Crippen molar-refractivity contribution in [3.63, 3.8) is 0 Å². The highest BCUT2D eigenvalue weighted by Gasteiger charge is 2.09. The molecule has 0 amide bonds. The summed E-state index contributed by atoms with van der Waals surface area (Å²) in [6, 6.07) is 8.46. The van der Waals surface area contributed by atoms with Gasteiger partial charge in [0.15, 0.2) is 0 Å². The van der Waals surface area contributed by atoms with Gasteiger partial charge in [-0.2, -0.15) is 0 Å². The molecule has 1 aliphatic rings. The zero-order valence-electron chi connectivity index (χ0n) is 15.5. The molecular formula is C20H30N2O4. The molecule has 26 heavy (non-hydrogen) atoms. The van der Waals surface area contributed by atoms with Crippen molar-refractivity contribution in [3.8, 4) is 0 Å². The van der Waals surface area contributed by atoms with Gasteiger partial charge in [0, 0.05) is 36.7 Å². The Bertz CT molecular complexity index is 615. The summed E-state index contributed by atoms with van der Waals surface area (Å²) in [4.78, 5) is 5.76. The van der Waals surface area contributed by atoms with Crippen LogP contribution in [-0.2, 0) is 25.4 Å². The number of fused-ring (bicyclic) bond motifs is 1. The maximum atomic E-state index is 5.69. The van der Waals surface area contributed by atoms with Crippen LogP contribution in [0.25, 0.3) is 10.9 Å². The second kappa shape index (κ2) is 11.3. The molecule has 0 saturated carbocycles. The van der Waals surface area contributed by atoms with Crippen LogP contribution in [-0.4, -0.2) is 82.4 Å². The molecular weight excluding hydrogens is 332 g/mol. The Kier molecular flexibility index (Phi) is 8.41. The van der Waals surface area contributed by atoms with Gasteiger partial charge >= 0.3 is 0 Å². The SMILES string of the molecule is c1ccc2c(CCN3CCOCCOCCOCCOCC3)c[nH]c2c1. The van der Waals surface area contributed by atoms with Gasteiger partial charge in [0.25, 0.3) is 0 Å². The van der Waals surface area contributed by atoms with Crippen LogP contribution in [0.3, 0.4) is 0 Å². The van der Waals surface area contributed by atoms with Gasteiger partial charge in [-0.25, -0.2) is 0 Å². The summed E-state index contributed by atoms with van der Waals surface area (Å²) in [7, 11) is 0. The van der Waals surface area contributed by atoms with E-state index in [0.717, 1.165) is 26.1 Å². The minimum Gasteiger partial charge on any atom is -0.378 e. The Labute approximate surface area is 155 Å². The summed E-state index contributed by atoms with van der Waals surface area (Å²) in [6.45, 7) is 7.96. The van der Waals surface area contributed by atoms with Gasteiger partial charge in [0.1, 0.15) is 0 Å². The second-order valence-corrected chi connectivity index (χ2v) is 6.40. The van der Waals surface area contributed by atoms with Crippen LogP contribution in [0.4, 0.5) is 0 Å². The Hall–Kier alpha value is -1.44. The van der Waals surface area contributed by atoms with Crippen LogP contribution in [0.5, 0.6) is 0 Å². The number of H-pyrrole nitrogens is 1. The molecule has 1 N–H and O–H groups in total. The third-order valence-electron chi connectivity index (χ3n) is 4.59. The Morgan fingerprint density at radius 1 is 0.769 bits per heavy atom. The first kappa shape index (κ1) is 19.3. The van der Waals surface area contributed by atoms with E-state index in [-0.39, 0.29) is 0 Å². The zero-order valence-corrected chi connectivity index (χ0v) is 15.5. The van der Waals surface area contributed by atoms with Crippen molar-refractivity contribution in [2.45, 2.75) is 6.42 Å². The van der Waals surface area contributed by atoms with Crippen LogP contribution in [0, 0.1) is 0 Å². The van der Waals surface area contributed by atoms with Crippen LogP contribution >= 0.6 is 0 Å². The predicted molar refractivity (Wildman–Crippen MR) is 102 cm³/mol. The average molecular weight is 362 g/mol. The fourth-order valence-electron chi connectivity index (χ4n) is 3.10. The zero-order chi connectivity index (χ0) is 17.9. The molecule has 6 nitrogen and oxygen atoms in total. The summed E-state index contributed by atoms with van der Waals surface area (Å²) in [5, 5.41) is 1.31. The highest BCUT2D eigenvalue weighted by atomic mass is 16.6. The van der Waals surface area contributed by atoms with Crippen molar-refractivity contribution in [1.82, 2.24) is 9.88 Å². The number of benzene rings is 1. The monoisotopic (exact) mass is 362 g/mol. The number of aromatic amines is 1. The molecule has 6 heteroatoms. The second-order valence-electron chi connectivity index (χ2n) is 6.40. The molecule has 3 rings (SSSR count). The molecule has 1 aromatic carbocycles. The number of rotatable bonds is 3. The van der Waals surface area contributed by atoms with E-state index in [0.29, 0.717) is 52.9 Å². The molecule has 2 heterocycles. The quantitative estimate of drug-likeness (QED) is 0.906. The van der Waals surface area contributed by atoms with Gasteiger partial charge in [-0.3, -0.25) is 4.90 Å². The van der Waals surface area contributed by atoms with Gasteiger partial charge in [-0.05, 0) is 18.1 Å². The van der Waals surface area contributed by atoms with E-state index >= 15 is 0 Å². The summed E-state index contributed by atoms with van der Waals surface area (Å²) >= 11 is 0. The van der Waals surface area contributed by atoms with Crippen LogP contribution in [0.1, 0.15) is 5.56 Å². The molecule has 0 bridgehead atoms. The first-order chi connectivity index (χ1) is 12.9. The minimum atomic E-state index is 0.611. The number of para-hydroxylation sites is 1. The third kappa shape index (κ3) is 6.37. The van der Waals surface area contributed by atoms with Crippen molar-refractivity contribution >= 4 is 10.9 Å². The summed E-state index contributed by atoms with van der Waals surface area (Å²) in [5.74, 6) is 0. The lowest BCUT2D eigenvalue weighted by Gasteiger charge is -2.22. The lowest BCUT2D eigenvalue weighted by Crippen LogP contribution is -2.33. The third-order valence-corrected chi connectivity index (χ3v) is 4.59. The smallest absolute Gasteiger partial charge is 0.0701 e. The van der Waals surface area contributed by atoms with Crippen molar-refractivity contribution in [3.05, 3.63) is 36.0 Å². The largest absolute Gasteiger partial charge is 0.378 e. The maximum absolute atomic E-state index is 5.69. The number of aromatic nitrogens is 1. The fraction of sp³-hybridized carbons (Fsp3) is 0.600. The van der Waals surface area contributed by atoms with E-state index < -0.39 is 0 Å². The van der Waals surface area contributed by atoms with E-state index in [2.05, 4.69) is 40.3 Å². The van der Waals surface area contributed by atoms with Gasteiger partial charge < -0.3 is 23.9 Å². The highest BCUT2D eigenvalue weighted by molar-refractivity contribution is 5.83. The van der Waals surface area contributed by atoms with E-state index in [1.165, 1.54) is 16.5 Å². The molecule has 2 aromatic rings. The topological polar surface area (TPSA) is 56.0 Å². The van der Waals surface area contributed by atoms with Gasteiger partial charge in [0.2, 0.25) is 0 Å². The van der Waals surface area contributed by atoms with Gasteiger partial charge in [-0.1, -0.05) is 18.2 Å². The van der Waals surface area contributed by atoms with Crippen molar-refractivity contribution in [2.24, 2.45) is 0 Å². The molecule has 144 valence electrons. The number of hydrogen-bond donors (Lipinski definition) is 1. The van der Waals surface area contributed by atoms with E-state index in [1.807, 2.05) is 0 Å². The van der Waals surface area contributed by atoms with E-state index in [1.54, 1.807) is 0 Å². The Balaban J connectivity index is 1.49. The molecule has 1 fully saturated rings. The maximum Gasteiger partial charge on any atom is 0.0701 e. The Morgan fingerprint density at radius 3 is 2.00 bits per heavy atom. The average Bonchev–Trinajstić information content (AvgIpc) is 3.07. The molecule has 0 aliphatic carbocycles.